The molecule has 0 aliphatic carbocycles. The van der Waals surface area contributed by atoms with Gasteiger partial charge in [0.1, 0.15) is 6.04 Å². The van der Waals surface area contributed by atoms with Crippen molar-refractivity contribution < 1.29 is 0 Å². The predicted molar refractivity (Wildman–Crippen MR) is 144 cm³/mol. The van der Waals surface area contributed by atoms with Crippen LogP contribution in [-0.4, -0.2) is 6.21 Å². The van der Waals surface area contributed by atoms with Crippen molar-refractivity contribution in [1.29, 1.82) is 0 Å². The number of hydrazone groups is 1. The summed E-state index contributed by atoms with van der Waals surface area (Å²) in [7, 11) is 0. The van der Waals surface area contributed by atoms with Crippen molar-refractivity contribution in [2.75, 3.05) is 4.90 Å². The molecule has 0 radical (unpaired) electrons. The first-order chi connectivity index (χ1) is 16.9. The maximum absolute atomic E-state index is 4.58. The van der Waals surface area contributed by atoms with Crippen molar-refractivity contribution in [2.24, 2.45) is 5.10 Å². The van der Waals surface area contributed by atoms with Crippen LogP contribution in [0, 0.1) is 0 Å². The van der Waals surface area contributed by atoms with Gasteiger partial charge in [0.2, 0.25) is 0 Å². The van der Waals surface area contributed by atoms with Crippen LogP contribution < -0.4 is 10.3 Å². The van der Waals surface area contributed by atoms with Crippen molar-refractivity contribution in [3.8, 4) is 0 Å². The largest absolute Gasteiger partial charge is 0.311 e. The Balaban J connectivity index is 1.36. The number of hydrogen-bond donors (Lipinski definition) is 1. The van der Waals surface area contributed by atoms with E-state index in [1.165, 1.54) is 10.4 Å². The molecule has 0 bridgehead atoms. The Kier molecular flexibility index (Phi) is 6.79. The van der Waals surface area contributed by atoms with Crippen molar-refractivity contribution in [1.82, 2.24) is 5.43 Å². The van der Waals surface area contributed by atoms with E-state index in [2.05, 4.69) is 130 Å². The fraction of sp³-hybridized carbons (Fsp3) is 0.0333. The number of hydrogen-bond acceptors (Lipinski definition) is 4. The van der Waals surface area contributed by atoms with Gasteiger partial charge in [0.15, 0.2) is 0 Å². The summed E-state index contributed by atoms with van der Waals surface area (Å²) in [6.45, 7) is 0. The number of benzene rings is 4. The number of rotatable bonds is 8. The molecule has 34 heavy (non-hydrogen) atoms. The minimum Gasteiger partial charge on any atom is -0.311 e. The topological polar surface area (TPSA) is 27.6 Å². The summed E-state index contributed by atoms with van der Waals surface area (Å²) in [5, 5.41) is 6.68. The van der Waals surface area contributed by atoms with Gasteiger partial charge < -0.3 is 4.90 Å². The van der Waals surface area contributed by atoms with E-state index >= 15 is 0 Å². The second-order valence-corrected chi connectivity index (χ2v) is 8.82. The van der Waals surface area contributed by atoms with Crippen LogP contribution in [0.2, 0.25) is 0 Å². The first-order valence-electron chi connectivity index (χ1n) is 11.3. The Morgan fingerprint density at radius 3 is 1.74 bits per heavy atom. The Bertz CT molecular complexity index is 1260. The summed E-state index contributed by atoms with van der Waals surface area (Å²) in [5.41, 5.74) is 8.92. The van der Waals surface area contributed by atoms with E-state index in [4.69, 9.17) is 0 Å². The molecule has 1 aromatic heterocycles. The van der Waals surface area contributed by atoms with E-state index in [0.717, 1.165) is 22.6 Å². The minimum atomic E-state index is 0.0309. The third-order valence-corrected chi connectivity index (χ3v) is 6.50. The zero-order chi connectivity index (χ0) is 23.0. The molecule has 0 spiro atoms. The van der Waals surface area contributed by atoms with Crippen LogP contribution in [-0.2, 0) is 0 Å². The van der Waals surface area contributed by atoms with Crippen LogP contribution in [0.4, 0.5) is 17.1 Å². The number of nitrogens with one attached hydrogen (secondary N) is 1. The predicted octanol–water partition coefficient (Wildman–Crippen LogP) is 7.93. The van der Waals surface area contributed by atoms with Gasteiger partial charge in [0.25, 0.3) is 0 Å². The molecule has 4 aromatic carbocycles. The van der Waals surface area contributed by atoms with Gasteiger partial charge >= 0.3 is 0 Å². The maximum Gasteiger partial charge on any atom is 0.103 e. The lowest BCUT2D eigenvalue weighted by Crippen LogP contribution is -2.16. The van der Waals surface area contributed by atoms with Crippen LogP contribution in [0.1, 0.15) is 22.0 Å². The van der Waals surface area contributed by atoms with Crippen LogP contribution in [0.5, 0.6) is 0 Å². The van der Waals surface area contributed by atoms with Crippen LogP contribution in [0.15, 0.2) is 138 Å². The molecule has 0 aliphatic rings. The van der Waals surface area contributed by atoms with Crippen LogP contribution in [0.3, 0.4) is 0 Å². The molecule has 166 valence electrons. The average Bonchev–Trinajstić information content (AvgIpc) is 3.44. The lowest BCUT2D eigenvalue weighted by Gasteiger charge is -2.25. The first-order valence-corrected chi connectivity index (χ1v) is 12.1. The summed E-state index contributed by atoms with van der Waals surface area (Å²) in [6, 6.07) is 44.0. The highest BCUT2D eigenvalue weighted by atomic mass is 32.1. The Hall–Kier alpha value is -4.15. The molecule has 5 rings (SSSR count). The highest BCUT2D eigenvalue weighted by Crippen LogP contribution is 2.34. The fourth-order valence-corrected chi connectivity index (χ4v) is 4.70. The van der Waals surface area contributed by atoms with E-state index < -0.39 is 0 Å². The molecule has 0 fully saturated rings. The van der Waals surface area contributed by atoms with E-state index in [1.807, 2.05) is 24.4 Å². The molecular weight excluding hydrogens is 434 g/mol. The SMILES string of the molecule is C(=NNC(c1ccccc1)c1cccs1)c1ccc(N(c2ccccc2)c2ccccc2)cc1. The van der Waals surface area contributed by atoms with Gasteiger partial charge in [0, 0.05) is 21.9 Å². The molecule has 0 aliphatic heterocycles. The minimum absolute atomic E-state index is 0.0309. The summed E-state index contributed by atoms with van der Waals surface area (Å²) < 4.78 is 0. The Morgan fingerprint density at radius 2 is 1.18 bits per heavy atom. The number of anilines is 3. The molecule has 1 heterocycles. The molecule has 0 saturated carbocycles. The molecule has 1 unspecified atom stereocenters. The third kappa shape index (κ3) is 5.08. The Labute approximate surface area is 204 Å². The Morgan fingerprint density at radius 1 is 0.618 bits per heavy atom. The molecule has 5 aromatic rings. The number of para-hydroxylation sites is 2. The van der Waals surface area contributed by atoms with Crippen molar-refractivity contribution in [3.63, 3.8) is 0 Å². The van der Waals surface area contributed by atoms with Gasteiger partial charge in [-0.3, -0.25) is 5.43 Å². The molecule has 1 atom stereocenters. The zero-order valence-electron chi connectivity index (χ0n) is 18.7. The molecule has 1 N–H and O–H groups in total. The summed E-state index contributed by atoms with van der Waals surface area (Å²) in [6.07, 6.45) is 1.88. The van der Waals surface area contributed by atoms with Gasteiger partial charge in [-0.1, -0.05) is 84.9 Å². The van der Waals surface area contributed by atoms with Gasteiger partial charge in [-0.05, 0) is 59.0 Å². The molecule has 3 nitrogen and oxygen atoms in total. The lowest BCUT2D eigenvalue weighted by molar-refractivity contribution is 0.652. The molecular formula is C30H25N3S. The summed E-state index contributed by atoms with van der Waals surface area (Å²) in [5.74, 6) is 0. The first kappa shape index (κ1) is 21.7. The zero-order valence-corrected chi connectivity index (χ0v) is 19.5. The molecule has 0 saturated heterocycles. The molecule has 0 amide bonds. The van der Waals surface area contributed by atoms with Gasteiger partial charge in [0.05, 0.1) is 6.21 Å². The van der Waals surface area contributed by atoms with E-state index in [1.54, 1.807) is 11.3 Å². The van der Waals surface area contributed by atoms with E-state index in [9.17, 15) is 0 Å². The highest BCUT2D eigenvalue weighted by Gasteiger charge is 2.14. The van der Waals surface area contributed by atoms with Gasteiger partial charge in [-0.2, -0.15) is 5.10 Å². The number of thiophene rings is 1. The van der Waals surface area contributed by atoms with Crippen molar-refractivity contribution >= 4 is 34.6 Å². The standard InChI is InChI=1S/C30H25N3S/c1-4-11-25(12-5-1)30(29-17-10-22-34-29)32-31-23-24-18-20-28(21-19-24)33(26-13-6-2-7-14-26)27-15-8-3-9-16-27/h1-23,30,32H. The summed E-state index contributed by atoms with van der Waals surface area (Å²) >= 11 is 1.73. The quantitative estimate of drug-likeness (QED) is 0.188. The smallest absolute Gasteiger partial charge is 0.103 e. The monoisotopic (exact) mass is 459 g/mol. The average molecular weight is 460 g/mol. The summed E-state index contributed by atoms with van der Waals surface area (Å²) in [4.78, 5) is 3.49. The molecule has 4 heteroatoms. The maximum atomic E-state index is 4.58. The second kappa shape index (κ2) is 10.6. The third-order valence-electron chi connectivity index (χ3n) is 5.56. The van der Waals surface area contributed by atoms with E-state index in [-0.39, 0.29) is 6.04 Å². The lowest BCUT2D eigenvalue weighted by atomic mass is 10.1. The van der Waals surface area contributed by atoms with Crippen LogP contribution >= 0.6 is 11.3 Å². The van der Waals surface area contributed by atoms with Gasteiger partial charge in [-0.25, -0.2) is 0 Å². The van der Waals surface area contributed by atoms with E-state index in [0.29, 0.717) is 0 Å². The van der Waals surface area contributed by atoms with Crippen molar-refractivity contribution in [3.05, 3.63) is 149 Å². The number of nitrogens with zero attached hydrogens (tertiary/aromatic N) is 2. The highest BCUT2D eigenvalue weighted by molar-refractivity contribution is 7.10. The second-order valence-electron chi connectivity index (χ2n) is 7.84. The van der Waals surface area contributed by atoms with Crippen LogP contribution in [0.25, 0.3) is 0 Å². The van der Waals surface area contributed by atoms with Crippen molar-refractivity contribution in [2.45, 2.75) is 6.04 Å². The van der Waals surface area contributed by atoms with Gasteiger partial charge in [-0.15, -0.1) is 11.3 Å². The normalized spacial score (nSPS) is 11.9. The fourth-order valence-electron chi connectivity index (χ4n) is 3.90.